The first-order valence-electron chi connectivity index (χ1n) is 6.11. The fourth-order valence-corrected chi connectivity index (χ4v) is 1.66. The van der Waals surface area contributed by atoms with Crippen molar-refractivity contribution < 1.29 is 27.5 Å². The number of unbranched alkanes of at least 4 members (excludes halogenated alkanes) is 1. The lowest BCUT2D eigenvalue weighted by atomic mass is 10.1. The van der Waals surface area contributed by atoms with Crippen LogP contribution in [0, 0.1) is 5.82 Å². The fourth-order valence-electron chi connectivity index (χ4n) is 1.66. The summed E-state index contributed by atoms with van der Waals surface area (Å²) < 4.78 is 50.7. The monoisotopic (exact) mass is 293 g/mol. The number of hydrogen-bond donors (Lipinski definition) is 2. The summed E-state index contributed by atoms with van der Waals surface area (Å²) in [4.78, 5) is 11.0. The number of aliphatic carboxylic acids is 1. The standard InChI is InChI=1S/C13H15F4NO2/c1-2-3-4-11(12(19)20)18-10-6-5-8(7-9(10)14)13(15,16)17/h5-7,11,18H,2-4H2,1H3,(H,19,20). The molecule has 2 N–H and O–H groups in total. The molecular weight excluding hydrogens is 278 g/mol. The molecule has 112 valence electrons. The number of hydrogen-bond acceptors (Lipinski definition) is 2. The van der Waals surface area contributed by atoms with E-state index in [1.807, 2.05) is 6.92 Å². The number of nitrogens with one attached hydrogen (secondary N) is 1. The first kappa shape index (κ1) is 16.3. The normalized spacial score (nSPS) is 13.1. The maximum Gasteiger partial charge on any atom is 0.416 e. The molecule has 0 aliphatic heterocycles. The molecule has 0 aliphatic rings. The van der Waals surface area contributed by atoms with E-state index >= 15 is 0 Å². The first-order valence-corrected chi connectivity index (χ1v) is 6.11. The Morgan fingerprint density at radius 3 is 2.50 bits per heavy atom. The van der Waals surface area contributed by atoms with Gasteiger partial charge in [-0.05, 0) is 24.6 Å². The summed E-state index contributed by atoms with van der Waals surface area (Å²) in [5.41, 5.74) is -1.36. The highest BCUT2D eigenvalue weighted by atomic mass is 19.4. The molecule has 0 saturated carbocycles. The summed E-state index contributed by atoms with van der Waals surface area (Å²) in [6, 6.07) is 0.937. The summed E-state index contributed by atoms with van der Waals surface area (Å²) >= 11 is 0. The molecule has 1 aromatic rings. The molecule has 7 heteroatoms. The average Bonchev–Trinajstić information content (AvgIpc) is 2.34. The topological polar surface area (TPSA) is 49.3 Å². The zero-order chi connectivity index (χ0) is 15.3. The molecular formula is C13H15F4NO2. The van der Waals surface area contributed by atoms with Gasteiger partial charge in [-0.3, -0.25) is 0 Å². The molecule has 20 heavy (non-hydrogen) atoms. The molecule has 1 atom stereocenters. The van der Waals surface area contributed by atoms with Crippen molar-refractivity contribution in [3.8, 4) is 0 Å². The second kappa shape index (κ2) is 6.58. The van der Waals surface area contributed by atoms with Crippen LogP contribution in [-0.4, -0.2) is 17.1 Å². The van der Waals surface area contributed by atoms with Gasteiger partial charge in [-0.15, -0.1) is 0 Å². The smallest absolute Gasteiger partial charge is 0.416 e. The second-order valence-corrected chi connectivity index (χ2v) is 4.37. The van der Waals surface area contributed by atoms with Gasteiger partial charge in [0.2, 0.25) is 0 Å². The van der Waals surface area contributed by atoms with Crippen molar-refractivity contribution in [1.29, 1.82) is 0 Å². The molecule has 1 aromatic carbocycles. The Labute approximate surface area is 113 Å². The number of rotatable bonds is 6. The highest BCUT2D eigenvalue weighted by Crippen LogP contribution is 2.31. The first-order chi connectivity index (χ1) is 9.25. The predicted octanol–water partition coefficient (Wildman–Crippen LogP) is 3.90. The van der Waals surface area contributed by atoms with Gasteiger partial charge >= 0.3 is 12.1 Å². The minimum absolute atomic E-state index is 0.249. The molecule has 1 unspecified atom stereocenters. The zero-order valence-electron chi connectivity index (χ0n) is 10.8. The Hall–Kier alpha value is -1.79. The largest absolute Gasteiger partial charge is 0.480 e. The van der Waals surface area contributed by atoms with Gasteiger partial charge in [0.05, 0.1) is 11.3 Å². The van der Waals surface area contributed by atoms with Crippen LogP contribution in [0.1, 0.15) is 31.7 Å². The third-order valence-corrected chi connectivity index (χ3v) is 2.77. The molecule has 0 saturated heterocycles. The lowest BCUT2D eigenvalue weighted by Gasteiger charge is -2.16. The minimum Gasteiger partial charge on any atom is -0.480 e. The van der Waals surface area contributed by atoms with Crippen LogP contribution < -0.4 is 5.32 Å². The van der Waals surface area contributed by atoms with E-state index in [4.69, 9.17) is 5.11 Å². The Morgan fingerprint density at radius 2 is 2.05 bits per heavy atom. The van der Waals surface area contributed by atoms with E-state index in [-0.39, 0.29) is 12.1 Å². The average molecular weight is 293 g/mol. The van der Waals surface area contributed by atoms with Crippen LogP contribution in [0.15, 0.2) is 18.2 Å². The third kappa shape index (κ3) is 4.40. The Balaban J connectivity index is 2.88. The van der Waals surface area contributed by atoms with Gasteiger partial charge < -0.3 is 10.4 Å². The molecule has 0 spiro atoms. The fraction of sp³-hybridized carbons (Fsp3) is 0.462. The summed E-state index contributed by atoms with van der Waals surface area (Å²) in [5, 5.41) is 11.4. The van der Waals surface area contributed by atoms with E-state index in [1.54, 1.807) is 0 Å². The van der Waals surface area contributed by atoms with Crippen molar-refractivity contribution in [3.05, 3.63) is 29.6 Å². The highest BCUT2D eigenvalue weighted by Gasteiger charge is 2.31. The van der Waals surface area contributed by atoms with Crippen molar-refractivity contribution in [2.45, 2.75) is 38.4 Å². The highest BCUT2D eigenvalue weighted by molar-refractivity contribution is 5.77. The minimum atomic E-state index is -4.63. The lowest BCUT2D eigenvalue weighted by Crippen LogP contribution is -2.29. The van der Waals surface area contributed by atoms with Crippen molar-refractivity contribution >= 4 is 11.7 Å². The molecule has 0 fully saturated rings. The molecule has 0 heterocycles. The van der Waals surface area contributed by atoms with E-state index in [2.05, 4.69) is 5.32 Å². The van der Waals surface area contributed by atoms with E-state index in [9.17, 15) is 22.4 Å². The summed E-state index contributed by atoms with van der Waals surface area (Å²) in [7, 11) is 0. The lowest BCUT2D eigenvalue weighted by molar-refractivity contribution is -0.139. The van der Waals surface area contributed by atoms with Crippen molar-refractivity contribution in [2.75, 3.05) is 5.32 Å². The van der Waals surface area contributed by atoms with Gasteiger partial charge in [0, 0.05) is 0 Å². The quantitative estimate of drug-likeness (QED) is 0.782. The Morgan fingerprint density at radius 1 is 1.40 bits per heavy atom. The van der Waals surface area contributed by atoms with Gasteiger partial charge in [0.15, 0.2) is 0 Å². The number of anilines is 1. The SMILES string of the molecule is CCCCC(Nc1ccc(C(F)(F)F)cc1F)C(=O)O. The number of carbonyl (C=O) groups is 1. The zero-order valence-corrected chi connectivity index (χ0v) is 10.8. The van der Waals surface area contributed by atoms with Crippen LogP contribution in [0.5, 0.6) is 0 Å². The van der Waals surface area contributed by atoms with Crippen LogP contribution in [0.2, 0.25) is 0 Å². The van der Waals surface area contributed by atoms with E-state index in [1.165, 1.54) is 0 Å². The Kier molecular flexibility index (Phi) is 5.35. The third-order valence-electron chi connectivity index (χ3n) is 2.77. The van der Waals surface area contributed by atoms with Crippen LogP contribution in [0.25, 0.3) is 0 Å². The van der Waals surface area contributed by atoms with Crippen molar-refractivity contribution in [3.63, 3.8) is 0 Å². The number of carboxylic acids is 1. The van der Waals surface area contributed by atoms with E-state index < -0.39 is 29.6 Å². The van der Waals surface area contributed by atoms with Crippen LogP contribution in [0.3, 0.4) is 0 Å². The molecule has 0 aromatic heterocycles. The number of benzene rings is 1. The molecule has 3 nitrogen and oxygen atoms in total. The predicted molar refractivity (Wildman–Crippen MR) is 66.0 cm³/mol. The molecule has 0 amide bonds. The van der Waals surface area contributed by atoms with Crippen LogP contribution in [-0.2, 0) is 11.0 Å². The molecule has 1 rings (SSSR count). The molecule has 0 radical (unpaired) electrons. The Bertz CT molecular complexity index is 474. The maximum absolute atomic E-state index is 13.6. The van der Waals surface area contributed by atoms with Gasteiger partial charge in [0.25, 0.3) is 0 Å². The second-order valence-electron chi connectivity index (χ2n) is 4.37. The van der Waals surface area contributed by atoms with Gasteiger partial charge in [-0.2, -0.15) is 13.2 Å². The van der Waals surface area contributed by atoms with Crippen molar-refractivity contribution in [1.82, 2.24) is 0 Å². The van der Waals surface area contributed by atoms with Gasteiger partial charge in [-0.25, -0.2) is 9.18 Å². The van der Waals surface area contributed by atoms with Gasteiger partial charge in [0.1, 0.15) is 11.9 Å². The summed E-state index contributed by atoms with van der Waals surface area (Å²) in [5.74, 6) is -2.29. The number of halogens is 4. The van der Waals surface area contributed by atoms with Crippen LogP contribution in [0.4, 0.5) is 23.2 Å². The molecule has 0 aliphatic carbocycles. The van der Waals surface area contributed by atoms with Crippen LogP contribution >= 0.6 is 0 Å². The number of carboxylic acid groups (broad SMARTS) is 1. The maximum atomic E-state index is 13.6. The number of alkyl halides is 3. The summed E-state index contributed by atoms with van der Waals surface area (Å²) in [6.07, 6.45) is -2.98. The van der Waals surface area contributed by atoms with E-state index in [0.717, 1.165) is 12.5 Å². The van der Waals surface area contributed by atoms with Gasteiger partial charge in [-0.1, -0.05) is 19.8 Å². The van der Waals surface area contributed by atoms with E-state index in [0.29, 0.717) is 18.6 Å². The molecule has 0 bridgehead atoms. The van der Waals surface area contributed by atoms with Crippen molar-refractivity contribution in [2.24, 2.45) is 0 Å². The summed E-state index contributed by atoms with van der Waals surface area (Å²) in [6.45, 7) is 1.87.